The van der Waals surface area contributed by atoms with Gasteiger partial charge in [-0.1, -0.05) is 12.1 Å². The van der Waals surface area contributed by atoms with E-state index in [1.165, 1.54) is 5.56 Å². The Balaban J connectivity index is 1.32. The average molecular weight is 372 g/mol. The maximum absolute atomic E-state index is 5.89. The summed E-state index contributed by atoms with van der Waals surface area (Å²) >= 11 is 0. The van der Waals surface area contributed by atoms with Crippen LogP contribution in [0, 0.1) is 0 Å². The second-order valence-corrected chi connectivity index (χ2v) is 6.27. The monoisotopic (exact) mass is 372 g/mol. The van der Waals surface area contributed by atoms with Gasteiger partial charge in [-0.3, -0.25) is 0 Å². The Bertz CT molecular complexity index is 1050. The van der Waals surface area contributed by atoms with Gasteiger partial charge in [-0.05, 0) is 48.4 Å². The molecule has 7 nitrogen and oxygen atoms in total. The molecule has 0 unspecified atom stereocenters. The summed E-state index contributed by atoms with van der Waals surface area (Å²) in [5.74, 6) is 2.25. The highest BCUT2D eigenvalue weighted by atomic mass is 16.5. The molecule has 2 heterocycles. The van der Waals surface area contributed by atoms with E-state index < -0.39 is 0 Å². The Labute approximate surface area is 162 Å². The zero-order chi connectivity index (χ0) is 19.2. The number of ether oxygens (including phenoxy) is 1. The lowest BCUT2D eigenvalue weighted by Crippen LogP contribution is -2.07. The molecule has 7 heteroatoms. The molecule has 28 heavy (non-hydrogen) atoms. The lowest BCUT2D eigenvalue weighted by atomic mass is 10.1. The highest BCUT2D eigenvalue weighted by Crippen LogP contribution is 2.21. The summed E-state index contributed by atoms with van der Waals surface area (Å²) in [6.45, 7) is 1.10. The van der Waals surface area contributed by atoms with Crippen LogP contribution in [0.2, 0.25) is 0 Å². The molecule has 0 fully saturated rings. The van der Waals surface area contributed by atoms with E-state index in [1.54, 1.807) is 24.8 Å². The molecule has 0 aliphatic rings. The fraction of sp³-hybridized carbons (Fsp3) is 0.143. The fourth-order valence-electron chi connectivity index (χ4n) is 2.85. The van der Waals surface area contributed by atoms with Gasteiger partial charge in [-0.25, -0.2) is 19.9 Å². The first-order chi connectivity index (χ1) is 13.8. The van der Waals surface area contributed by atoms with Gasteiger partial charge in [0.1, 0.15) is 24.5 Å². The van der Waals surface area contributed by atoms with E-state index in [4.69, 9.17) is 10.5 Å². The van der Waals surface area contributed by atoms with Crippen LogP contribution in [0.5, 0.6) is 5.75 Å². The summed E-state index contributed by atoms with van der Waals surface area (Å²) < 4.78 is 5.71. The van der Waals surface area contributed by atoms with Gasteiger partial charge < -0.3 is 15.8 Å². The summed E-state index contributed by atoms with van der Waals surface area (Å²) in [4.78, 5) is 16.9. The molecule has 0 bridgehead atoms. The quantitative estimate of drug-likeness (QED) is 0.481. The Morgan fingerprint density at radius 3 is 2.57 bits per heavy atom. The first-order valence-electron chi connectivity index (χ1n) is 9.00. The summed E-state index contributed by atoms with van der Waals surface area (Å²) in [5.41, 5.74) is 8.65. The van der Waals surface area contributed by atoms with Gasteiger partial charge >= 0.3 is 0 Å². The number of nitrogens with zero attached hydrogens (tertiary/aromatic N) is 4. The van der Waals surface area contributed by atoms with Crippen molar-refractivity contribution in [2.75, 3.05) is 17.6 Å². The molecule has 0 saturated heterocycles. The summed E-state index contributed by atoms with van der Waals surface area (Å²) in [6, 6.07) is 15.4. The van der Waals surface area contributed by atoms with Gasteiger partial charge in [0, 0.05) is 30.0 Å². The van der Waals surface area contributed by atoms with Gasteiger partial charge in [-0.15, -0.1) is 0 Å². The second kappa shape index (κ2) is 8.30. The predicted octanol–water partition coefficient (Wildman–Crippen LogP) is 3.24. The number of nitrogens with two attached hydrogens (primary N) is 1. The Morgan fingerprint density at radius 2 is 1.75 bits per heavy atom. The molecular formula is C21H20N6O. The molecule has 0 aliphatic carbocycles. The van der Waals surface area contributed by atoms with Crippen molar-refractivity contribution in [3.63, 3.8) is 0 Å². The molecule has 0 saturated carbocycles. The summed E-state index contributed by atoms with van der Waals surface area (Å²) in [5, 5.41) is 4.30. The highest BCUT2D eigenvalue weighted by Gasteiger charge is 2.04. The van der Waals surface area contributed by atoms with Crippen LogP contribution >= 0.6 is 0 Å². The molecule has 2 aromatic carbocycles. The number of hydrogen-bond acceptors (Lipinski definition) is 7. The number of benzene rings is 2. The highest BCUT2D eigenvalue weighted by molar-refractivity contribution is 5.91. The Kier molecular flexibility index (Phi) is 5.24. The lowest BCUT2D eigenvalue weighted by Gasteiger charge is -2.09. The molecule has 0 aliphatic heterocycles. The van der Waals surface area contributed by atoms with Crippen LogP contribution in [0.25, 0.3) is 10.9 Å². The van der Waals surface area contributed by atoms with E-state index in [-0.39, 0.29) is 0 Å². The van der Waals surface area contributed by atoms with Crippen molar-refractivity contribution in [3.8, 4) is 5.75 Å². The topological polar surface area (TPSA) is 98.8 Å². The zero-order valence-electron chi connectivity index (χ0n) is 15.2. The third-order valence-electron chi connectivity index (χ3n) is 4.28. The SMILES string of the molecule is Nc1ccc2ncnc(NCCc3ccc(OCc4ncccn4)cc3)c2c1. The number of anilines is 2. The van der Waals surface area contributed by atoms with Crippen LogP contribution in [-0.4, -0.2) is 26.5 Å². The molecule has 4 aromatic rings. The average Bonchev–Trinajstić information content (AvgIpc) is 2.74. The number of nitrogens with one attached hydrogen (secondary N) is 1. The number of nitrogen functional groups attached to an aromatic ring is 1. The molecule has 4 rings (SSSR count). The van der Waals surface area contributed by atoms with Crippen molar-refractivity contribution in [1.82, 2.24) is 19.9 Å². The van der Waals surface area contributed by atoms with Crippen LogP contribution in [0.15, 0.2) is 67.3 Å². The van der Waals surface area contributed by atoms with Gasteiger partial charge in [0.15, 0.2) is 5.82 Å². The van der Waals surface area contributed by atoms with E-state index in [1.807, 2.05) is 30.3 Å². The maximum atomic E-state index is 5.89. The van der Waals surface area contributed by atoms with Crippen molar-refractivity contribution in [2.24, 2.45) is 0 Å². The van der Waals surface area contributed by atoms with Gasteiger partial charge in [0.05, 0.1) is 5.52 Å². The third kappa shape index (κ3) is 4.32. The predicted molar refractivity (Wildman–Crippen MR) is 109 cm³/mol. The third-order valence-corrected chi connectivity index (χ3v) is 4.28. The Hall–Kier alpha value is -3.74. The zero-order valence-corrected chi connectivity index (χ0v) is 15.2. The van der Waals surface area contributed by atoms with Crippen LogP contribution < -0.4 is 15.8 Å². The minimum atomic E-state index is 0.353. The van der Waals surface area contributed by atoms with Crippen molar-refractivity contribution in [1.29, 1.82) is 0 Å². The normalized spacial score (nSPS) is 10.7. The molecule has 140 valence electrons. The molecule has 0 radical (unpaired) electrons. The summed E-state index contributed by atoms with van der Waals surface area (Å²) in [7, 11) is 0. The molecule has 3 N–H and O–H groups in total. The largest absolute Gasteiger partial charge is 0.486 e. The molecule has 0 atom stereocenters. The Morgan fingerprint density at radius 1 is 0.929 bits per heavy atom. The van der Waals surface area contributed by atoms with E-state index in [0.29, 0.717) is 18.1 Å². The van der Waals surface area contributed by atoms with Crippen LogP contribution in [0.1, 0.15) is 11.4 Å². The smallest absolute Gasteiger partial charge is 0.166 e. The van der Waals surface area contributed by atoms with Gasteiger partial charge in [-0.2, -0.15) is 0 Å². The lowest BCUT2D eigenvalue weighted by molar-refractivity contribution is 0.295. The molecule has 0 spiro atoms. The first-order valence-corrected chi connectivity index (χ1v) is 9.00. The van der Waals surface area contributed by atoms with Gasteiger partial charge in [0.25, 0.3) is 0 Å². The molecule has 0 amide bonds. The number of aromatic nitrogens is 4. The number of rotatable bonds is 7. The van der Waals surface area contributed by atoms with Crippen LogP contribution in [-0.2, 0) is 13.0 Å². The van der Waals surface area contributed by atoms with E-state index in [2.05, 4.69) is 37.4 Å². The maximum Gasteiger partial charge on any atom is 0.166 e. The van der Waals surface area contributed by atoms with Crippen LogP contribution in [0.3, 0.4) is 0 Å². The van der Waals surface area contributed by atoms with Crippen molar-refractivity contribution in [3.05, 3.63) is 78.6 Å². The van der Waals surface area contributed by atoms with E-state index in [9.17, 15) is 0 Å². The van der Waals surface area contributed by atoms with Crippen molar-refractivity contribution in [2.45, 2.75) is 13.0 Å². The van der Waals surface area contributed by atoms with E-state index >= 15 is 0 Å². The van der Waals surface area contributed by atoms with Crippen molar-refractivity contribution >= 4 is 22.4 Å². The van der Waals surface area contributed by atoms with Gasteiger partial charge in [0.2, 0.25) is 0 Å². The number of fused-ring (bicyclic) bond motifs is 1. The molecular weight excluding hydrogens is 352 g/mol. The first kappa shape index (κ1) is 17.7. The summed E-state index contributed by atoms with van der Waals surface area (Å²) in [6.07, 6.45) is 5.83. The van der Waals surface area contributed by atoms with E-state index in [0.717, 1.165) is 35.4 Å². The van der Waals surface area contributed by atoms with Crippen molar-refractivity contribution < 1.29 is 4.74 Å². The minimum Gasteiger partial charge on any atom is -0.486 e. The minimum absolute atomic E-state index is 0.353. The second-order valence-electron chi connectivity index (χ2n) is 6.27. The molecule has 2 aromatic heterocycles. The van der Waals surface area contributed by atoms with Crippen LogP contribution in [0.4, 0.5) is 11.5 Å². The number of hydrogen-bond donors (Lipinski definition) is 2. The fourth-order valence-corrected chi connectivity index (χ4v) is 2.85. The standard InChI is InChI=1S/C21H20N6O/c22-16-4-7-19-18(12-16)21(27-14-26-19)25-11-8-15-2-5-17(6-3-15)28-13-20-23-9-1-10-24-20/h1-7,9-10,12,14H,8,11,13,22H2,(H,25,26,27).